The molecule has 4 aromatic rings. The van der Waals surface area contributed by atoms with Crippen LogP contribution in [0.5, 0.6) is 0 Å². The first kappa shape index (κ1) is 24.2. The highest BCUT2D eigenvalue weighted by Crippen LogP contribution is 2.27. The van der Waals surface area contributed by atoms with E-state index in [0.29, 0.717) is 23.7 Å². The zero-order chi connectivity index (χ0) is 24.9. The van der Waals surface area contributed by atoms with Crippen molar-refractivity contribution in [3.05, 3.63) is 99.1 Å². The summed E-state index contributed by atoms with van der Waals surface area (Å²) in [6.07, 6.45) is 0. The maximum absolute atomic E-state index is 12.6. The Balaban J connectivity index is 1.41. The number of anilines is 1. The third kappa shape index (κ3) is 5.58. The van der Waals surface area contributed by atoms with Crippen molar-refractivity contribution in [2.45, 2.75) is 38.2 Å². The molecule has 1 amide bonds. The van der Waals surface area contributed by atoms with Crippen LogP contribution < -0.4 is 5.32 Å². The van der Waals surface area contributed by atoms with Crippen molar-refractivity contribution in [1.82, 2.24) is 14.8 Å². The van der Waals surface area contributed by atoms with E-state index in [4.69, 9.17) is 0 Å². The van der Waals surface area contributed by atoms with Crippen LogP contribution in [0.3, 0.4) is 0 Å². The smallest absolute Gasteiger partial charge is 0.269 e. The third-order valence-corrected chi connectivity index (χ3v) is 6.76. The van der Waals surface area contributed by atoms with E-state index in [1.165, 1.54) is 17.7 Å². The Bertz CT molecular complexity index is 1370. The number of non-ortho nitro benzene ring substituents is 1. The van der Waals surface area contributed by atoms with Crippen molar-refractivity contribution in [1.29, 1.82) is 0 Å². The minimum atomic E-state index is -0.423. The maximum atomic E-state index is 12.6. The second-order valence-electron chi connectivity index (χ2n) is 8.09. The molecule has 8 nitrogen and oxygen atoms in total. The molecule has 1 aromatic heterocycles. The van der Waals surface area contributed by atoms with E-state index in [-0.39, 0.29) is 11.6 Å². The average molecular weight is 488 g/mol. The van der Waals surface area contributed by atoms with Gasteiger partial charge in [-0.3, -0.25) is 14.9 Å². The SMILES string of the molecule is CCn1c(SCc2ccc(C(=O)Nc3ccc(C)c(C)c3)cc2)nnc1-c1ccc([N+](=O)[O-])cc1. The summed E-state index contributed by atoms with van der Waals surface area (Å²) < 4.78 is 1.98. The maximum Gasteiger partial charge on any atom is 0.269 e. The monoisotopic (exact) mass is 487 g/mol. The number of nitrogens with one attached hydrogen (secondary N) is 1. The molecular formula is C26H25N5O3S. The summed E-state index contributed by atoms with van der Waals surface area (Å²) in [7, 11) is 0. The lowest BCUT2D eigenvalue weighted by Gasteiger charge is -2.09. The minimum Gasteiger partial charge on any atom is -0.322 e. The van der Waals surface area contributed by atoms with Crippen molar-refractivity contribution in [3.63, 3.8) is 0 Å². The molecule has 4 rings (SSSR count). The van der Waals surface area contributed by atoms with Gasteiger partial charge in [0, 0.05) is 41.2 Å². The Kier molecular flexibility index (Phi) is 7.26. The number of amides is 1. The molecule has 0 fully saturated rings. The molecule has 0 saturated carbocycles. The molecule has 0 aliphatic carbocycles. The Morgan fingerprint density at radius 1 is 1.00 bits per heavy atom. The largest absolute Gasteiger partial charge is 0.322 e. The van der Waals surface area contributed by atoms with Crippen LogP contribution in [0.4, 0.5) is 11.4 Å². The molecule has 1 heterocycles. The number of benzene rings is 3. The lowest BCUT2D eigenvalue weighted by molar-refractivity contribution is -0.384. The molecule has 0 aliphatic rings. The molecule has 0 saturated heterocycles. The second-order valence-corrected chi connectivity index (χ2v) is 9.04. The van der Waals surface area contributed by atoms with Crippen molar-refractivity contribution >= 4 is 29.0 Å². The Labute approximate surface area is 207 Å². The molecule has 0 atom stereocenters. The van der Waals surface area contributed by atoms with E-state index in [1.54, 1.807) is 23.9 Å². The summed E-state index contributed by atoms with van der Waals surface area (Å²) in [5, 5.41) is 23.2. The molecule has 3 aromatic carbocycles. The fraction of sp³-hybridized carbons (Fsp3) is 0.192. The van der Waals surface area contributed by atoms with Crippen LogP contribution in [-0.4, -0.2) is 25.6 Å². The van der Waals surface area contributed by atoms with Crippen LogP contribution in [0.2, 0.25) is 0 Å². The quantitative estimate of drug-likeness (QED) is 0.185. The standard InChI is InChI=1S/C26H25N5O3S/c1-4-30-24(20-10-13-23(14-11-20)31(33)34)28-29-26(30)35-16-19-6-8-21(9-7-19)25(32)27-22-12-5-17(2)18(3)15-22/h5-15H,4,16H2,1-3H3,(H,27,32). The van der Waals surface area contributed by atoms with Gasteiger partial charge in [0.05, 0.1) is 4.92 Å². The summed E-state index contributed by atoms with van der Waals surface area (Å²) in [6, 6.07) is 19.7. The number of nitro groups is 1. The molecule has 178 valence electrons. The number of hydrogen-bond acceptors (Lipinski definition) is 6. The summed E-state index contributed by atoms with van der Waals surface area (Å²) in [6.45, 7) is 6.73. The molecule has 0 bridgehead atoms. The molecule has 35 heavy (non-hydrogen) atoms. The summed E-state index contributed by atoms with van der Waals surface area (Å²) in [5.41, 5.74) is 5.55. The van der Waals surface area contributed by atoms with E-state index in [1.807, 2.05) is 67.8 Å². The molecule has 0 aliphatic heterocycles. The van der Waals surface area contributed by atoms with Crippen molar-refractivity contribution in [2.24, 2.45) is 0 Å². The number of carbonyl (C=O) groups excluding carboxylic acids is 1. The first-order chi connectivity index (χ1) is 16.9. The van der Waals surface area contributed by atoms with Gasteiger partial charge in [-0.1, -0.05) is 30.0 Å². The first-order valence-corrected chi connectivity index (χ1v) is 12.1. The van der Waals surface area contributed by atoms with Crippen molar-refractivity contribution in [3.8, 4) is 11.4 Å². The Morgan fingerprint density at radius 2 is 1.71 bits per heavy atom. The number of nitro benzene ring substituents is 1. The predicted molar refractivity (Wildman–Crippen MR) is 138 cm³/mol. The number of rotatable bonds is 8. The lowest BCUT2D eigenvalue weighted by Crippen LogP contribution is -2.12. The number of hydrogen-bond donors (Lipinski definition) is 1. The highest BCUT2D eigenvalue weighted by atomic mass is 32.2. The highest BCUT2D eigenvalue weighted by molar-refractivity contribution is 7.98. The molecule has 1 N–H and O–H groups in total. The predicted octanol–water partition coefficient (Wildman–Crippen LogP) is 6.03. The Morgan fingerprint density at radius 3 is 2.34 bits per heavy atom. The second kappa shape index (κ2) is 10.5. The van der Waals surface area contributed by atoms with Gasteiger partial charge in [-0.2, -0.15) is 0 Å². The van der Waals surface area contributed by atoms with Gasteiger partial charge in [-0.05, 0) is 73.9 Å². The van der Waals surface area contributed by atoms with Gasteiger partial charge in [0.1, 0.15) is 0 Å². The summed E-state index contributed by atoms with van der Waals surface area (Å²) >= 11 is 1.55. The third-order valence-electron chi connectivity index (χ3n) is 5.72. The van der Waals surface area contributed by atoms with Crippen LogP contribution in [0.15, 0.2) is 71.9 Å². The number of carbonyl (C=O) groups is 1. The number of aromatic nitrogens is 3. The average Bonchev–Trinajstić information content (AvgIpc) is 3.28. The molecule has 0 unspecified atom stereocenters. The van der Waals surface area contributed by atoms with Gasteiger partial charge in [-0.15, -0.1) is 10.2 Å². The minimum absolute atomic E-state index is 0.0389. The van der Waals surface area contributed by atoms with Gasteiger partial charge in [0.25, 0.3) is 11.6 Å². The molecule has 9 heteroatoms. The fourth-order valence-corrected chi connectivity index (χ4v) is 4.51. The van der Waals surface area contributed by atoms with Gasteiger partial charge in [0.15, 0.2) is 11.0 Å². The fourth-order valence-electron chi connectivity index (χ4n) is 3.55. The van der Waals surface area contributed by atoms with Crippen LogP contribution in [0, 0.1) is 24.0 Å². The van der Waals surface area contributed by atoms with E-state index in [9.17, 15) is 14.9 Å². The highest BCUT2D eigenvalue weighted by Gasteiger charge is 2.15. The normalized spacial score (nSPS) is 10.8. The summed E-state index contributed by atoms with van der Waals surface area (Å²) in [5.74, 6) is 1.19. The summed E-state index contributed by atoms with van der Waals surface area (Å²) in [4.78, 5) is 23.1. The van der Waals surface area contributed by atoms with E-state index >= 15 is 0 Å². The topological polar surface area (TPSA) is 103 Å². The molecule has 0 radical (unpaired) electrons. The number of nitrogens with zero attached hydrogens (tertiary/aromatic N) is 4. The van der Waals surface area contributed by atoms with Crippen LogP contribution >= 0.6 is 11.8 Å². The lowest BCUT2D eigenvalue weighted by atomic mass is 10.1. The van der Waals surface area contributed by atoms with E-state index in [2.05, 4.69) is 15.5 Å². The van der Waals surface area contributed by atoms with Crippen LogP contribution in [0.25, 0.3) is 11.4 Å². The number of aryl methyl sites for hydroxylation is 2. The van der Waals surface area contributed by atoms with Gasteiger partial charge >= 0.3 is 0 Å². The zero-order valence-corrected chi connectivity index (χ0v) is 20.5. The van der Waals surface area contributed by atoms with Crippen molar-refractivity contribution < 1.29 is 9.72 Å². The van der Waals surface area contributed by atoms with Crippen LogP contribution in [-0.2, 0) is 12.3 Å². The zero-order valence-electron chi connectivity index (χ0n) is 19.7. The van der Waals surface area contributed by atoms with E-state index in [0.717, 1.165) is 27.5 Å². The first-order valence-electron chi connectivity index (χ1n) is 11.1. The van der Waals surface area contributed by atoms with Crippen LogP contribution in [0.1, 0.15) is 34.0 Å². The molecule has 0 spiro atoms. The van der Waals surface area contributed by atoms with Gasteiger partial charge in [0.2, 0.25) is 0 Å². The molecular weight excluding hydrogens is 462 g/mol. The number of thioether (sulfide) groups is 1. The van der Waals surface area contributed by atoms with E-state index < -0.39 is 4.92 Å². The van der Waals surface area contributed by atoms with Gasteiger partial charge < -0.3 is 9.88 Å². The Hall–Kier alpha value is -3.98. The van der Waals surface area contributed by atoms with Crippen molar-refractivity contribution in [2.75, 3.05) is 5.32 Å². The van der Waals surface area contributed by atoms with Gasteiger partial charge in [-0.25, -0.2) is 0 Å².